The number of hydrogen-bond acceptors (Lipinski definition) is 1. The van der Waals surface area contributed by atoms with Crippen molar-refractivity contribution in [2.45, 2.75) is 19.9 Å². The topological polar surface area (TPSA) is 17.8 Å². The normalized spacial score (nSPS) is 12.8. The molecule has 0 aliphatic rings. The van der Waals surface area contributed by atoms with Crippen molar-refractivity contribution in [2.75, 3.05) is 0 Å². The summed E-state index contributed by atoms with van der Waals surface area (Å²) in [5, 5.41) is 1.43. The fourth-order valence-corrected chi connectivity index (χ4v) is 2.19. The average Bonchev–Trinajstić information content (AvgIpc) is 2.79. The smallest absolute Gasteiger partial charge is 0.0951 e. The van der Waals surface area contributed by atoms with Crippen LogP contribution < -0.4 is 0 Å². The van der Waals surface area contributed by atoms with E-state index in [1.807, 2.05) is 29.8 Å². The number of halogens is 2. The highest BCUT2D eigenvalue weighted by molar-refractivity contribution is 6.36. The third-order valence-corrected chi connectivity index (χ3v) is 3.68. The van der Waals surface area contributed by atoms with Gasteiger partial charge >= 0.3 is 0 Å². The second-order valence-electron chi connectivity index (χ2n) is 3.76. The number of hydrogen-bond donors (Lipinski definition) is 0. The molecule has 0 aliphatic carbocycles. The standard InChI is InChI=1S/C12H12Cl2N2/c1-8-11(13)4-3-10(12(8)14)9(2)16-6-5-15-7-16/h3-7,9H,1-2H3. The van der Waals surface area contributed by atoms with Gasteiger partial charge in [-0.1, -0.05) is 29.3 Å². The minimum Gasteiger partial charge on any atom is -0.330 e. The summed E-state index contributed by atoms with van der Waals surface area (Å²) in [6.45, 7) is 4.00. The van der Waals surface area contributed by atoms with E-state index in [0.717, 1.165) is 16.1 Å². The predicted octanol–water partition coefficient (Wildman–Crippen LogP) is 4.11. The molecule has 1 unspecified atom stereocenters. The molecule has 2 aromatic rings. The number of benzene rings is 1. The van der Waals surface area contributed by atoms with E-state index in [0.29, 0.717) is 5.02 Å². The molecule has 1 aromatic carbocycles. The maximum Gasteiger partial charge on any atom is 0.0951 e. The summed E-state index contributed by atoms with van der Waals surface area (Å²) in [4.78, 5) is 4.03. The van der Waals surface area contributed by atoms with Crippen LogP contribution in [0.5, 0.6) is 0 Å². The van der Waals surface area contributed by atoms with Gasteiger partial charge in [0.25, 0.3) is 0 Å². The second kappa shape index (κ2) is 4.48. The van der Waals surface area contributed by atoms with Crippen LogP contribution in [0, 0.1) is 6.92 Å². The summed E-state index contributed by atoms with van der Waals surface area (Å²) < 4.78 is 2.01. The molecular formula is C12H12Cl2N2. The predicted molar refractivity (Wildman–Crippen MR) is 67.2 cm³/mol. The van der Waals surface area contributed by atoms with Crippen LogP contribution in [0.15, 0.2) is 30.9 Å². The van der Waals surface area contributed by atoms with E-state index in [1.165, 1.54) is 0 Å². The molecule has 0 N–H and O–H groups in total. The van der Waals surface area contributed by atoms with Gasteiger partial charge < -0.3 is 4.57 Å². The van der Waals surface area contributed by atoms with E-state index in [4.69, 9.17) is 23.2 Å². The third kappa shape index (κ3) is 1.95. The van der Waals surface area contributed by atoms with Gasteiger partial charge in [0.05, 0.1) is 17.4 Å². The van der Waals surface area contributed by atoms with E-state index in [-0.39, 0.29) is 6.04 Å². The molecule has 0 bridgehead atoms. The van der Waals surface area contributed by atoms with Gasteiger partial charge in [-0.2, -0.15) is 0 Å². The Morgan fingerprint density at radius 1 is 1.31 bits per heavy atom. The summed E-state index contributed by atoms with van der Waals surface area (Å²) >= 11 is 12.3. The zero-order chi connectivity index (χ0) is 11.7. The first-order chi connectivity index (χ1) is 7.61. The van der Waals surface area contributed by atoms with E-state index in [9.17, 15) is 0 Å². The molecule has 0 fully saturated rings. The Kier molecular flexibility index (Phi) is 3.22. The van der Waals surface area contributed by atoms with Gasteiger partial charge in [0, 0.05) is 17.4 Å². The maximum absolute atomic E-state index is 6.29. The molecule has 2 rings (SSSR count). The Bertz CT molecular complexity index is 492. The molecule has 0 saturated carbocycles. The summed E-state index contributed by atoms with van der Waals surface area (Å²) in [7, 11) is 0. The molecule has 0 amide bonds. The van der Waals surface area contributed by atoms with Crippen molar-refractivity contribution in [3.05, 3.63) is 52.0 Å². The van der Waals surface area contributed by atoms with Gasteiger partial charge in [-0.25, -0.2) is 4.98 Å². The lowest BCUT2D eigenvalue weighted by atomic mass is 10.1. The zero-order valence-corrected chi connectivity index (χ0v) is 10.6. The number of imidazole rings is 1. The maximum atomic E-state index is 6.29. The van der Waals surface area contributed by atoms with Gasteiger partial charge in [0.2, 0.25) is 0 Å². The highest BCUT2D eigenvalue weighted by Crippen LogP contribution is 2.32. The van der Waals surface area contributed by atoms with Crippen molar-refractivity contribution in [1.82, 2.24) is 9.55 Å². The number of nitrogens with zero attached hydrogens (tertiary/aromatic N) is 2. The van der Waals surface area contributed by atoms with Gasteiger partial charge in [-0.05, 0) is 31.0 Å². The van der Waals surface area contributed by atoms with Crippen molar-refractivity contribution in [2.24, 2.45) is 0 Å². The lowest BCUT2D eigenvalue weighted by Gasteiger charge is -2.16. The Morgan fingerprint density at radius 3 is 2.69 bits per heavy atom. The fraction of sp³-hybridized carbons (Fsp3) is 0.250. The first-order valence-electron chi connectivity index (χ1n) is 5.03. The number of rotatable bonds is 2. The number of aromatic nitrogens is 2. The highest BCUT2D eigenvalue weighted by Gasteiger charge is 2.13. The lowest BCUT2D eigenvalue weighted by Crippen LogP contribution is -2.05. The van der Waals surface area contributed by atoms with Gasteiger partial charge in [0.15, 0.2) is 0 Å². The van der Waals surface area contributed by atoms with Crippen LogP contribution in [-0.2, 0) is 0 Å². The Morgan fingerprint density at radius 2 is 2.06 bits per heavy atom. The monoisotopic (exact) mass is 254 g/mol. The molecule has 2 nitrogen and oxygen atoms in total. The fourth-order valence-electron chi connectivity index (χ4n) is 1.66. The first-order valence-corrected chi connectivity index (χ1v) is 5.78. The summed E-state index contributed by atoms with van der Waals surface area (Å²) in [5.41, 5.74) is 1.98. The molecule has 1 heterocycles. The van der Waals surface area contributed by atoms with Crippen LogP contribution >= 0.6 is 23.2 Å². The van der Waals surface area contributed by atoms with Crippen LogP contribution in [-0.4, -0.2) is 9.55 Å². The molecule has 0 aliphatic heterocycles. The second-order valence-corrected chi connectivity index (χ2v) is 4.55. The van der Waals surface area contributed by atoms with Gasteiger partial charge in [-0.3, -0.25) is 0 Å². The zero-order valence-electron chi connectivity index (χ0n) is 9.11. The largest absolute Gasteiger partial charge is 0.330 e. The molecule has 1 atom stereocenters. The summed E-state index contributed by atoms with van der Waals surface area (Å²) in [6, 6.07) is 4.00. The Balaban J connectivity index is 2.45. The van der Waals surface area contributed by atoms with Crippen LogP contribution in [0.4, 0.5) is 0 Å². The van der Waals surface area contributed by atoms with E-state index >= 15 is 0 Å². The Labute approximate surface area is 105 Å². The molecule has 1 aromatic heterocycles. The summed E-state index contributed by atoms with van der Waals surface area (Å²) in [6.07, 6.45) is 5.46. The average molecular weight is 255 g/mol. The van der Waals surface area contributed by atoms with Crippen molar-refractivity contribution in [3.63, 3.8) is 0 Å². The van der Waals surface area contributed by atoms with Crippen molar-refractivity contribution in [1.29, 1.82) is 0 Å². The van der Waals surface area contributed by atoms with E-state index in [1.54, 1.807) is 12.5 Å². The highest BCUT2D eigenvalue weighted by atomic mass is 35.5. The first kappa shape index (κ1) is 11.5. The van der Waals surface area contributed by atoms with Gasteiger partial charge in [-0.15, -0.1) is 0 Å². The molecule has 0 spiro atoms. The molecule has 4 heteroatoms. The van der Waals surface area contributed by atoms with Crippen molar-refractivity contribution < 1.29 is 0 Å². The quantitative estimate of drug-likeness (QED) is 0.789. The minimum atomic E-state index is 0.158. The van der Waals surface area contributed by atoms with Crippen molar-refractivity contribution in [3.8, 4) is 0 Å². The van der Waals surface area contributed by atoms with Crippen molar-refractivity contribution >= 4 is 23.2 Å². The van der Waals surface area contributed by atoms with E-state index < -0.39 is 0 Å². The molecule has 0 radical (unpaired) electrons. The lowest BCUT2D eigenvalue weighted by molar-refractivity contribution is 0.638. The molecule has 84 valence electrons. The Hall–Kier alpha value is -0.990. The summed E-state index contributed by atoms with van der Waals surface area (Å²) in [5.74, 6) is 0. The SMILES string of the molecule is Cc1c(Cl)ccc(C(C)n2ccnc2)c1Cl. The third-order valence-electron chi connectivity index (χ3n) is 2.77. The van der Waals surface area contributed by atoms with Crippen LogP contribution in [0.3, 0.4) is 0 Å². The molecule has 16 heavy (non-hydrogen) atoms. The molecule has 0 saturated heterocycles. The minimum absolute atomic E-state index is 0.158. The molecular weight excluding hydrogens is 243 g/mol. The van der Waals surface area contributed by atoms with Crippen LogP contribution in [0.2, 0.25) is 10.0 Å². The van der Waals surface area contributed by atoms with Crippen LogP contribution in [0.25, 0.3) is 0 Å². The van der Waals surface area contributed by atoms with E-state index in [2.05, 4.69) is 11.9 Å². The van der Waals surface area contributed by atoms with Crippen LogP contribution in [0.1, 0.15) is 24.1 Å². The van der Waals surface area contributed by atoms with Gasteiger partial charge in [0.1, 0.15) is 0 Å².